The molecule has 0 fully saturated rings. The minimum absolute atomic E-state index is 0.140. The van der Waals surface area contributed by atoms with Gasteiger partial charge in [0.15, 0.2) is 0 Å². The van der Waals surface area contributed by atoms with E-state index < -0.39 is 5.97 Å². The average Bonchev–Trinajstić information content (AvgIpc) is 2.29. The molecule has 84 valence electrons. The van der Waals surface area contributed by atoms with E-state index in [0.717, 1.165) is 0 Å². The summed E-state index contributed by atoms with van der Waals surface area (Å²) < 4.78 is 4.95. The highest BCUT2D eigenvalue weighted by Gasteiger charge is 2.09. The second-order valence-corrected chi connectivity index (χ2v) is 3.34. The van der Waals surface area contributed by atoms with Crippen LogP contribution in [0.3, 0.4) is 0 Å². The van der Waals surface area contributed by atoms with Crippen molar-refractivity contribution in [1.82, 2.24) is 0 Å². The monoisotopic (exact) mass is 238 g/mol. The number of methoxy groups -OCH3 is 1. The number of hydrogen-bond donors (Lipinski definition) is 1. The third kappa shape index (κ3) is 3.18. The number of benzene rings is 1. The van der Waals surface area contributed by atoms with Gasteiger partial charge in [-0.15, -0.1) is 11.6 Å². The Kier molecular flexibility index (Phi) is 4.68. The van der Waals surface area contributed by atoms with Crippen LogP contribution in [0.1, 0.15) is 22.3 Å². The SMILES string of the molecule is COc1ccc(C#CCCCl)c(C(=O)O)c1. The van der Waals surface area contributed by atoms with Gasteiger partial charge in [0.1, 0.15) is 5.75 Å². The number of carboxylic acid groups (broad SMARTS) is 1. The largest absolute Gasteiger partial charge is 0.497 e. The highest BCUT2D eigenvalue weighted by molar-refractivity contribution is 6.18. The fourth-order valence-corrected chi connectivity index (χ4v) is 1.24. The van der Waals surface area contributed by atoms with Crippen molar-refractivity contribution in [3.05, 3.63) is 29.3 Å². The van der Waals surface area contributed by atoms with Crippen LogP contribution in [0.15, 0.2) is 18.2 Å². The molecule has 3 nitrogen and oxygen atoms in total. The Morgan fingerprint density at radius 1 is 1.56 bits per heavy atom. The molecule has 4 heteroatoms. The van der Waals surface area contributed by atoms with Gasteiger partial charge in [0.25, 0.3) is 0 Å². The fourth-order valence-electron chi connectivity index (χ4n) is 1.14. The van der Waals surface area contributed by atoms with Crippen LogP contribution in [0.4, 0.5) is 0 Å². The van der Waals surface area contributed by atoms with Crippen molar-refractivity contribution in [2.75, 3.05) is 13.0 Å². The standard InChI is InChI=1S/C12H11ClO3/c1-16-10-6-5-9(4-2-3-7-13)11(8-10)12(14)15/h5-6,8H,3,7H2,1H3,(H,14,15). The second kappa shape index (κ2) is 6.04. The molecule has 0 heterocycles. The van der Waals surface area contributed by atoms with Crippen LogP contribution < -0.4 is 4.74 Å². The molecule has 0 saturated carbocycles. The summed E-state index contributed by atoms with van der Waals surface area (Å²) in [6.07, 6.45) is 0.534. The van der Waals surface area contributed by atoms with E-state index in [1.807, 2.05) is 0 Å². The Balaban J connectivity index is 3.09. The highest BCUT2D eigenvalue weighted by Crippen LogP contribution is 2.17. The highest BCUT2D eigenvalue weighted by atomic mass is 35.5. The van der Waals surface area contributed by atoms with Crippen molar-refractivity contribution in [2.24, 2.45) is 0 Å². The number of carboxylic acids is 1. The number of ether oxygens (including phenoxy) is 1. The van der Waals surface area contributed by atoms with Crippen LogP contribution in [0.2, 0.25) is 0 Å². The normalized spacial score (nSPS) is 9.12. The smallest absolute Gasteiger partial charge is 0.337 e. The molecule has 1 aromatic carbocycles. The summed E-state index contributed by atoms with van der Waals surface area (Å²) in [6, 6.07) is 4.76. The zero-order valence-corrected chi connectivity index (χ0v) is 9.54. The van der Waals surface area contributed by atoms with Crippen molar-refractivity contribution >= 4 is 17.6 Å². The summed E-state index contributed by atoms with van der Waals surface area (Å²) >= 11 is 5.48. The molecule has 16 heavy (non-hydrogen) atoms. The minimum atomic E-state index is -1.02. The van der Waals surface area contributed by atoms with Crippen LogP contribution in [0.5, 0.6) is 5.75 Å². The first-order valence-electron chi connectivity index (χ1n) is 4.65. The summed E-state index contributed by atoms with van der Waals surface area (Å²) in [5, 5.41) is 8.99. The van der Waals surface area contributed by atoms with Crippen molar-refractivity contribution < 1.29 is 14.6 Å². The van der Waals surface area contributed by atoms with Crippen LogP contribution in [-0.4, -0.2) is 24.1 Å². The molecule has 0 unspecified atom stereocenters. The van der Waals surface area contributed by atoms with Crippen molar-refractivity contribution in [2.45, 2.75) is 6.42 Å². The molecular weight excluding hydrogens is 228 g/mol. The Labute approximate surface area is 99.0 Å². The molecule has 0 atom stereocenters. The first-order valence-corrected chi connectivity index (χ1v) is 5.18. The first-order chi connectivity index (χ1) is 7.69. The Morgan fingerprint density at radius 2 is 2.31 bits per heavy atom. The van der Waals surface area contributed by atoms with Gasteiger partial charge in [0.05, 0.1) is 12.7 Å². The quantitative estimate of drug-likeness (QED) is 0.650. The number of carbonyl (C=O) groups is 1. The average molecular weight is 239 g/mol. The molecular formula is C12H11ClO3. The molecule has 1 N–H and O–H groups in total. The number of rotatable bonds is 3. The van der Waals surface area contributed by atoms with Gasteiger partial charge in [-0.2, -0.15) is 0 Å². The number of halogens is 1. The lowest BCUT2D eigenvalue weighted by Crippen LogP contribution is -2.00. The lowest BCUT2D eigenvalue weighted by Gasteiger charge is -2.03. The summed E-state index contributed by atoms with van der Waals surface area (Å²) in [7, 11) is 1.49. The van der Waals surface area contributed by atoms with Crippen LogP contribution >= 0.6 is 11.6 Å². The molecule has 0 saturated heterocycles. The van der Waals surface area contributed by atoms with E-state index in [4.69, 9.17) is 21.4 Å². The fraction of sp³-hybridized carbons (Fsp3) is 0.250. The molecule has 0 aromatic heterocycles. The first kappa shape index (κ1) is 12.4. The van der Waals surface area contributed by atoms with Crippen molar-refractivity contribution in [3.8, 4) is 17.6 Å². The lowest BCUT2D eigenvalue weighted by molar-refractivity contribution is 0.0696. The van der Waals surface area contributed by atoms with Gasteiger partial charge in [-0.25, -0.2) is 4.79 Å². The molecule has 0 bridgehead atoms. The predicted octanol–water partition coefficient (Wildman–Crippen LogP) is 2.37. The summed E-state index contributed by atoms with van der Waals surface area (Å²) in [5.41, 5.74) is 0.611. The van der Waals surface area contributed by atoms with Gasteiger partial charge < -0.3 is 9.84 Å². The van der Waals surface area contributed by atoms with E-state index in [1.54, 1.807) is 12.1 Å². The van der Waals surface area contributed by atoms with Gasteiger partial charge >= 0.3 is 5.97 Å². The summed E-state index contributed by atoms with van der Waals surface area (Å²) in [4.78, 5) is 11.0. The number of alkyl halides is 1. The van der Waals surface area contributed by atoms with Gasteiger partial charge in [-0.05, 0) is 18.2 Å². The Hall–Kier alpha value is -1.66. The molecule has 0 aliphatic rings. The third-order valence-electron chi connectivity index (χ3n) is 1.90. The lowest BCUT2D eigenvalue weighted by atomic mass is 10.1. The maximum Gasteiger partial charge on any atom is 0.337 e. The van der Waals surface area contributed by atoms with Crippen molar-refractivity contribution in [3.63, 3.8) is 0 Å². The summed E-state index contributed by atoms with van der Waals surface area (Å²) in [6.45, 7) is 0. The van der Waals surface area contributed by atoms with Crippen LogP contribution in [0, 0.1) is 11.8 Å². The molecule has 0 amide bonds. The van der Waals surface area contributed by atoms with Gasteiger partial charge in [0.2, 0.25) is 0 Å². The topological polar surface area (TPSA) is 46.5 Å². The zero-order valence-electron chi connectivity index (χ0n) is 8.79. The Bertz CT molecular complexity index is 443. The van der Waals surface area contributed by atoms with Gasteiger partial charge in [-0.1, -0.05) is 11.8 Å². The molecule has 0 radical (unpaired) electrons. The number of aromatic carboxylic acids is 1. The molecule has 0 aliphatic heterocycles. The number of hydrogen-bond acceptors (Lipinski definition) is 2. The van der Waals surface area contributed by atoms with E-state index in [0.29, 0.717) is 23.6 Å². The van der Waals surface area contributed by atoms with E-state index in [2.05, 4.69) is 11.8 Å². The Morgan fingerprint density at radius 3 is 2.88 bits per heavy atom. The molecule has 0 aliphatic carbocycles. The van der Waals surface area contributed by atoms with Crippen molar-refractivity contribution in [1.29, 1.82) is 0 Å². The predicted molar refractivity (Wildman–Crippen MR) is 62.2 cm³/mol. The third-order valence-corrected chi connectivity index (χ3v) is 2.09. The van der Waals surface area contributed by atoms with Crippen LogP contribution in [0.25, 0.3) is 0 Å². The van der Waals surface area contributed by atoms with Gasteiger partial charge in [0, 0.05) is 17.9 Å². The minimum Gasteiger partial charge on any atom is -0.497 e. The second-order valence-electron chi connectivity index (χ2n) is 2.96. The van der Waals surface area contributed by atoms with Gasteiger partial charge in [-0.3, -0.25) is 0 Å². The van der Waals surface area contributed by atoms with E-state index >= 15 is 0 Å². The van der Waals surface area contributed by atoms with E-state index in [-0.39, 0.29) is 5.56 Å². The molecule has 0 spiro atoms. The molecule has 1 rings (SSSR count). The molecule has 1 aromatic rings. The maximum absolute atomic E-state index is 11.0. The van der Waals surface area contributed by atoms with E-state index in [9.17, 15) is 4.79 Å². The maximum atomic E-state index is 11.0. The zero-order chi connectivity index (χ0) is 12.0. The van der Waals surface area contributed by atoms with E-state index in [1.165, 1.54) is 13.2 Å². The summed E-state index contributed by atoms with van der Waals surface area (Å²) in [5.74, 6) is 5.49. The van der Waals surface area contributed by atoms with Crippen LogP contribution in [-0.2, 0) is 0 Å².